The number of fused-ring (bicyclic) bond motifs is 5. The van der Waals surface area contributed by atoms with Gasteiger partial charge in [0.1, 0.15) is 6.26 Å². The Hall–Kier alpha value is -1.12. The summed E-state index contributed by atoms with van der Waals surface area (Å²) in [6.45, 7) is 6.13. The maximum absolute atomic E-state index is 13.1. The Bertz CT molecular complexity index is 621. The highest BCUT2D eigenvalue weighted by Crippen LogP contribution is 2.66. The van der Waals surface area contributed by atoms with Crippen LogP contribution < -0.4 is 0 Å². The lowest BCUT2D eigenvalue weighted by Crippen LogP contribution is -2.52. The van der Waals surface area contributed by atoms with E-state index in [1.54, 1.807) is 0 Å². The Morgan fingerprint density at radius 3 is 2.64 bits per heavy atom. The molecule has 0 amide bonds. The maximum atomic E-state index is 13.1. The van der Waals surface area contributed by atoms with Crippen LogP contribution in [-0.2, 0) is 14.3 Å². The summed E-state index contributed by atoms with van der Waals surface area (Å²) in [6.07, 6.45) is 12.7. The molecule has 0 aliphatic heterocycles. The van der Waals surface area contributed by atoms with Crippen molar-refractivity contribution in [3.8, 4) is 0 Å². The van der Waals surface area contributed by atoms with Crippen LogP contribution in [0.2, 0.25) is 0 Å². The molecule has 3 heteroatoms. The van der Waals surface area contributed by atoms with E-state index >= 15 is 0 Å². The number of carbonyl (C=O) groups is 2. The summed E-state index contributed by atoms with van der Waals surface area (Å²) >= 11 is 0. The van der Waals surface area contributed by atoms with Crippen LogP contribution in [0.4, 0.5) is 0 Å². The number of hydrogen-bond acceptors (Lipinski definition) is 3. The predicted molar refractivity (Wildman–Crippen MR) is 96.6 cm³/mol. The number of esters is 1. The van der Waals surface area contributed by atoms with Crippen LogP contribution in [0, 0.1) is 34.5 Å². The van der Waals surface area contributed by atoms with E-state index in [2.05, 4.69) is 13.8 Å². The fourth-order valence-electron chi connectivity index (χ4n) is 7.23. The van der Waals surface area contributed by atoms with Crippen LogP contribution in [0.3, 0.4) is 0 Å². The third-order valence-corrected chi connectivity index (χ3v) is 8.59. The first-order valence-corrected chi connectivity index (χ1v) is 10.3. The van der Waals surface area contributed by atoms with E-state index in [1.807, 2.05) is 0 Å². The van der Waals surface area contributed by atoms with Gasteiger partial charge >= 0.3 is 5.97 Å². The number of carbonyl (C=O) groups excluding carboxylic acids is 2. The number of rotatable bonds is 1. The fraction of sp³-hybridized carbons (Fsp3) is 0.818. The summed E-state index contributed by atoms with van der Waals surface area (Å²) in [5.74, 6) is 2.71. The summed E-state index contributed by atoms with van der Waals surface area (Å²) in [6, 6.07) is 0. The molecule has 4 aliphatic carbocycles. The third-order valence-electron chi connectivity index (χ3n) is 8.59. The molecule has 0 aromatic carbocycles. The number of Topliss-reactive ketones (excluding diaryl/α,β-unsaturated/α-hetero) is 1. The first kappa shape index (κ1) is 17.3. The second-order valence-corrected chi connectivity index (χ2v) is 9.64. The highest BCUT2D eigenvalue weighted by Gasteiger charge is 2.60. The molecular formula is C22H32O3. The van der Waals surface area contributed by atoms with Gasteiger partial charge in [-0.15, -0.1) is 0 Å². The van der Waals surface area contributed by atoms with E-state index < -0.39 is 0 Å². The minimum atomic E-state index is -0.339. The molecule has 6 atom stereocenters. The molecule has 4 rings (SSSR count). The van der Waals surface area contributed by atoms with Gasteiger partial charge in [0.25, 0.3) is 0 Å². The lowest BCUT2D eigenvalue weighted by Gasteiger charge is -2.59. The van der Waals surface area contributed by atoms with Gasteiger partial charge in [-0.25, -0.2) is 0 Å². The predicted octanol–water partition coefficient (Wildman–Crippen LogP) is 5.05. The van der Waals surface area contributed by atoms with Gasteiger partial charge in [-0.05, 0) is 74.0 Å². The van der Waals surface area contributed by atoms with Crippen LogP contribution in [0.15, 0.2) is 11.8 Å². The Kier molecular flexibility index (Phi) is 4.12. The molecule has 0 aromatic rings. The molecule has 0 N–H and O–H groups in total. The SMILES string of the molecule is CC(=O)OC=C1C[C@H]2[C@@H]3CCC4CCCC[C@]4(C)[C@@H]3CC[C@]2(C)C1=O. The van der Waals surface area contributed by atoms with E-state index in [4.69, 9.17) is 4.74 Å². The van der Waals surface area contributed by atoms with Crippen LogP contribution in [0.1, 0.15) is 78.6 Å². The first-order chi connectivity index (χ1) is 11.9. The van der Waals surface area contributed by atoms with Crippen LogP contribution in [0.25, 0.3) is 0 Å². The van der Waals surface area contributed by atoms with Gasteiger partial charge in [0, 0.05) is 17.9 Å². The Morgan fingerprint density at radius 2 is 1.88 bits per heavy atom. The van der Waals surface area contributed by atoms with Crippen molar-refractivity contribution in [2.75, 3.05) is 0 Å². The van der Waals surface area contributed by atoms with Crippen molar-refractivity contribution in [2.45, 2.75) is 78.6 Å². The second-order valence-electron chi connectivity index (χ2n) is 9.64. The van der Waals surface area contributed by atoms with Crippen molar-refractivity contribution >= 4 is 11.8 Å². The Balaban J connectivity index is 1.62. The molecule has 138 valence electrons. The van der Waals surface area contributed by atoms with Gasteiger partial charge in [0.05, 0.1) is 0 Å². The van der Waals surface area contributed by atoms with Crippen LogP contribution in [0.5, 0.6) is 0 Å². The zero-order valence-electron chi connectivity index (χ0n) is 16.0. The van der Waals surface area contributed by atoms with Crippen molar-refractivity contribution in [1.29, 1.82) is 0 Å². The quantitative estimate of drug-likeness (QED) is 0.380. The topological polar surface area (TPSA) is 43.4 Å². The summed E-state index contributed by atoms with van der Waals surface area (Å²) in [5, 5.41) is 0. The van der Waals surface area contributed by atoms with Gasteiger partial charge in [0.15, 0.2) is 5.78 Å². The van der Waals surface area contributed by atoms with Crippen molar-refractivity contribution in [2.24, 2.45) is 34.5 Å². The molecule has 25 heavy (non-hydrogen) atoms. The van der Waals surface area contributed by atoms with Crippen LogP contribution >= 0.6 is 0 Å². The van der Waals surface area contributed by atoms with Gasteiger partial charge in [-0.2, -0.15) is 0 Å². The zero-order valence-corrected chi connectivity index (χ0v) is 16.0. The molecule has 0 saturated heterocycles. The lowest BCUT2D eigenvalue weighted by atomic mass is 9.45. The monoisotopic (exact) mass is 344 g/mol. The second kappa shape index (κ2) is 5.96. The van der Waals surface area contributed by atoms with E-state index in [1.165, 1.54) is 58.1 Å². The standard InChI is InChI=1S/C22H32O3/c1-14(23)25-13-15-12-19-17-8-7-16-6-4-5-10-21(16,2)18(17)9-11-22(19,3)20(15)24/h13,16-19H,4-12H2,1-3H3/t16?,17-,18-,19+,21+,22+/m1/s1. The fourth-order valence-corrected chi connectivity index (χ4v) is 7.23. The molecule has 0 spiro atoms. The number of allylic oxidation sites excluding steroid dienone is 1. The molecular weight excluding hydrogens is 312 g/mol. The Morgan fingerprint density at radius 1 is 1.08 bits per heavy atom. The number of ether oxygens (including phenoxy) is 1. The van der Waals surface area contributed by atoms with Crippen molar-refractivity contribution in [3.63, 3.8) is 0 Å². The summed E-state index contributed by atoms with van der Waals surface area (Å²) < 4.78 is 5.07. The van der Waals surface area contributed by atoms with Gasteiger partial charge in [0.2, 0.25) is 0 Å². The van der Waals surface area contributed by atoms with E-state index in [-0.39, 0.29) is 17.2 Å². The molecule has 4 saturated carbocycles. The molecule has 0 radical (unpaired) electrons. The van der Waals surface area contributed by atoms with E-state index in [9.17, 15) is 9.59 Å². The highest BCUT2D eigenvalue weighted by atomic mass is 16.5. The molecule has 0 heterocycles. The molecule has 0 aromatic heterocycles. The van der Waals surface area contributed by atoms with Crippen LogP contribution in [-0.4, -0.2) is 11.8 Å². The summed E-state index contributed by atoms with van der Waals surface area (Å²) in [7, 11) is 0. The lowest BCUT2D eigenvalue weighted by molar-refractivity contribution is -0.137. The number of hydrogen-bond donors (Lipinski definition) is 0. The summed E-state index contributed by atoms with van der Waals surface area (Å²) in [5.41, 5.74) is 1.01. The largest absolute Gasteiger partial charge is 0.434 e. The highest BCUT2D eigenvalue weighted by molar-refractivity contribution is 6.02. The van der Waals surface area contributed by atoms with Crippen molar-refractivity contribution in [1.82, 2.24) is 0 Å². The maximum Gasteiger partial charge on any atom is 0.307 e. The molecule has 0 bridgehead atoms. The van der Waals surface area contributed by atoms with Gasteiger partial charge in [-0.1, -0.05) is 26.7 Å². The number of ketones is 1. The Labute approximate surface area is 151 Å². The molecule has 3 nitrogen and oxygen atoms in total. The van der Waals surface area contributed by atoms with E-state index in [0.717, 1.165) is 30.3 Å². The first-order valence-electron chi connectivity index (χ1n) is 10.3. The smallest absolute Gasteiger partial charge is 0.307 e. The average Bonchev–Trinajstić information content (AvgIpc) is 2.84. The van der Waals surface area contributed by atoms with Crippen molar-refractivity contribution < 1.29 is 14.3 Å². The third kappa shape index (κ3) is 2.52. The van der Waals surface area contributed by atoms with Gasteiger partial charge < -0.3 is 4.74 Å². The average molecular weight is 344 g/mol. The molecule has 1 unspecified atom stereocenters. The van der Waals surface area contributed by atoms with Gasteiger partial charge in [-0.3, -0.25) is 9.59 Å². The van der Waals surface area contributed by atoms with Crippen molar-refractivity contribution in [3.05, 3.63) is 11.8 Å². The van der Waals surface area contributed by atoms with E-state index in [0.29, 0.717) is 17.3 Å². The zero-order chi connectivity index (χ0) is 17.8. The minimum absolute atomic E-state index is 0.231. The minimum Gasteiger partial charge on any atom is -0.434 e. The molecule has 4 aliphatic rings. The summed E-state index contributed by atoms with van der Waals surface area (Å²) in [4.78, 5) is 24.2. The molecule has 4 fully saturated rings. The normalized spacial score (nSPS) is 47.8.